The van der Waals surface area contributed by atoms with Crippen LogP contribution < -0.4 is 20.3 Å². The summed E-state index contributed by atoms with van der Waals surface area (Å²) in [6.07, 6.45) is 4.10. The molecular weight excluding hydrogens is 536 g/mol. The highest BCUT2D eigenvalue weighted by Gasteiger charge is 2.24. The summed E-state index contributed by atoms with van der Waals surface area (Å²) in [6.45, 7) is 3.21. The van der Waals surface area contributed by atoms with Crippen molar-refractivity contribution in [3.63, 3.8) is 0 Å². The predicted molar refractivity (Wildman–Crippen MR) is 143 cm³/mol. The van der Waals surface area contributed by atoms with Gasteiger partial charge in [0.25, 0.3) is 11.8 Å². The smallest absolute Gasteiger partial charge is 0.322 e. The van der Waals surface area contributed by atoms with Crippen molar-refractivity contribution in [1.29, 1.82) is 0 Å². The number of aryl methyl sites for hydroxylation is 1. The molecule has 0 saturated carbocycles. The second kappa shape index (κ2) is 10.5. The number of thiophene rings is 1. The number of piperidine rings is 1. The van der Waals surface area contributed by atoms with Gasteiger partial charge in [0.2, 0.25) is 10.0 Å². The zero-order valence-corrected chi connectivity index (χ0v) is 22.4. The van der Waals surface area contributed by atoms with E-state index < -0.39 is 10.0 Å². The number of hydrogen-bond acceptors (Lipinski definition) is 12. The topological polar surface area (TPSA) is 155 Å². The number of nitrogens with one attached hydrogen (secondary N) is 3. The molecule has 5 heterocycles. The molecule has 0 radical (unpaired) electrons. The molecule has 1 aliphatic rings. The van der Waals surface area contributed by atoms with Gasteiger partial charge in [-0.1, -0.05) is 5.10 Å². The lowest BCUT2D eigenvalue weighted by molar-refractivity contribution is 0.102. The number of rotatable bonds is 8. The fraction of sp³-hybridized carbons (Fsp3) is 0.318. The van der Waals surface area contributed by atoms with Crippen molar-refractivity contribution in [2.45, 2.75) is 25.8 Å². The molecule has 4 aromatic rings. The van der Waals surface area contributed by atoms with Gasteiger partial charge in [0, 0.05) is 46.5 Å². The van der Waals surface area contributed by atoms with Crippen molar-refractivity contribution in [2.75, 3.05) is 34.9 Å². The van der Waals surface area contributed by atoms with Gasteiger partial charge in [-0.2, -0.15) is 0 Å². The van der Waals surface area contributed by atoms with Crippen LogP contribution in [0.4, 0.5) is 22.7 Å². The normalized spacial score (nSPS) is 14.6. The minimum absolute atomic E-state index is 0.113. The third-order valence-corrected chi connectivity index (χ3v) is 7.94. The number of carbonyl (C=O) groups excluding carboxylic acids is 1. The standard InChI is InChI=1S/C22H24N8O4S3/c1-13-10-14(11-35-13)20-27-28-21(34-20)26-22-25-17(12-36-22)19(31)24-16-4-3-7-23-18(16)30-8-5-15(6-9-30)29-37(2,32)33/h3-4,7,10-12,15,29H,5-6,8-9H2,1-2H3,(H,24,31)(H,25,26,28). The molecule has 0 spiro atoms. The molecule has 15 heteroatoms. The summed E-state index contributed by atoms with van der Waals surface area (Å²) in [5.74, 6) is 0.651. The minimum atomic E-state index is -3.25. The number of thiazole rings is 1. The van der Waals surface area contributed by atoms with Crippen LogP contribution in [0.5, 0.6) is 0 Å². The first-order valence-electron chi connectivity index (χ1n) is 11.3. The van der Waals surface area contributed by atoms with Crippen molar-refractivity contribution in [3.05, 3.63) is 45.7 Å². The maximum Gasteiger partial charge on any atom is 0.322 e. The van der Waals surface area contributed by atoms with Crippen LogP contribution in [0.1, 0.15) is 28.2 Å². The molecule has 194 valence electrons. The summed E-state index contributed by atoms with van der Waals surface area (Å²) in [5.41, 5.74) is 1.63. The summed E-state index contributed by atoms with van der Waals surface area (Å²) < 4.78 is 31.4. The summed E-state index contributed by atoms with van der Waals surface area (Å²) in [4.78, 5) is 24.9. The van der Waals surface area contributed by atoms with Crippen molar-refractivity contribution in [2.24, 2.45) is 0 Å². The van der Waals surface area contributed by atoms with Crippen molar-refractivity contribution < 1.29 is 17.6 Å². The fourth-order valence-electron chi connectivity index (χ4n) is 3.92. The van der Waals surface area contributed by atoms with Crippen molar-refractivity contribution in [3.8, 4) is 11.5 Å². The van der Waals surface area contributed by atoms with Crippen LogP contribution in [-0.4, -0.2) is 59.9 Å². The van der Waals surface area contributed by atoms with E-state index in [0.29, 0.717) is 48.5 Å². The quantitative estimate of drug-likeness (QED) is 0.292. The lowest BCUT2D eigenvalue weighted by Gasteiger charge is -2.33. The first kappa shape index (κ1) is 25.3. The summed E-state index contributed by atoms with van der Waals surface area (Å²) in [7, 11) is -3.25. The van der Waals surface area contributed by atoms with E-state index in [2.05, 4.69) is 35.5 Å². The van der Waals surface area contributed by atoms with E-state index in [1.807, 2.05) is 23.3 Å². The van der Waals surface area contributed by atoms with Crippen LogP contribution in [-0.2, 0) is 10.0 Å². The number of hydrogen-bond donors (Lipinski definition) is 3. The lowest BCUT2D eigenvalue weighted by Crippen LogP contribution is -2.44. The monoisotopic (exact) mass is 560 g/mol. The molecule has 1 amide bonds. The Bertz CT molecular complexity index is 1510. The Balaban J connectivity index is 1.22. The van der Waals surface area contributed by atoms with Crippen LogP contribution in [0, 0.1) is 6.92 Å². The van der Waals surface area contributed by atoms with E-state index in [0.717, 1.165) is 16.7 Å². The van der Waals surface area contributed by atoms with E-state index in [-0.39, 0.29) is 23.7 Å². The second-order valence-electron chi connectivity index (χ2n) is 8.50. The molecule has 0 aliphatic carbocycles. The van der Waals surface area contributed by atoms with Gasteiger partial charge in [0.05, 0.1) is 11.9 Å². The van der Waals surface area contributed by atoms with Crippen molar-refractivity contribution >= 4 is 61.3 Å². The third kappa shape index (κ3) is 6.30. The fourth-order valence-corrected chi connectivity index (χ4v) is 6.12. The number of anilines is 4. The Morgan fingerprint density at radius 3 is 2.73 bits per heavy atom. The van der Waals surface area contributed by atoms with Crippen LogP contribution in [0.3, 0.4) is 0 Å². The zero-order chi connectivity index (χ0) is 26.0. The molecule has 3 N–H and O–H groups in total. The number of carbonyl (C=O) groups is 1. The van der Waals surface area contributed by atoms with E-state index in [9.17, 15) is 13.2 Å². The Labute approximate surface area is 221 Å². The third-order valence-electron chi connectivity index (χ3n) is 5.56. The predicted octanol–water partition coefficient (Wildman–Crippen LogP) is 3.47. The van der Waals surface area contributed by atoms with Gasteiger partial charge in [-0.25, -0.2) is 23.1 Å². The zero-order valence-electron chi connectivity index (χ0n) is 20.0. The van der Waals surface area contributed by atoms with Gasteiger partial charge in [0.1, 0.15) is 5.69 Å². The molecule has 5 rings (SSSR count). The van der Waals surface area contributed by atoms with E-state index in [4.69, 9.17) is 4.42 Å². The summed E-state index contributed by atoms with van der Waals surface area (Å²) in [5, 5.41) is 17.9. The highest BCUT2D eigenvalue weighted by atomic mass is 32.2. The average molecular weight is 561 g/mol. The Morgan fingerprint density at radius 2 is 2.00 bits per heavy atom. The Kier molecular flexibility index (Phi) is 7.19. The Hall–Kier alpha value is -3.40. The maximum atomic E-state index is 12.9. The molecule has 1 aliphatic heterocycles. The van der Waals surface area contributed by atoms with Crippen molar-refractivity contribution in [1.82, 2.24) is 24.9 Å². The van der Waals surface area contributed by atoms with Gasteiger partial charge in [0.15, 0.2) is 10.9 Å². The van der Waals surface area contributed by atoms with E-state index in [1.54, 1.807) is 35.0 Å². The lowest BCUT2D eigenvalue weighted by atomic mass is 10.1. The molecule has 1 saturated heterocycles. The van der Waals surface area contributed by atoms with Gasteiger partial charge in [-0.3, -0.25) is 10.1 Å². The van der Waals surface area contributed by atoms with Crippen LogP contribution in [0.2, 0.25) is 0 Å². The first-order chi connectivity index (χ1) is 17.7. The molecule has 0 atom stereocenters. The van der Waals surface area contributed by atoms with Gasteiger partial charge >= 0.3 is 6.01 Å². The SMILES string of the molecule is Cc1cc(-c2nnc(Nc3nc(C(=O)Nc4cccnc4N4CCC(NS(C)(=O)=O)CC4)cs3)o2)cs1. The highest BCUT2D eigenvalue weighted by Crippen LogP contribution is 2.29. The molecule has 1 fully saturated rings. The van der Waals surface area contributed by atoms with Crippen LogP contribution >= 0.6 is 22.7 Å². The largest absolute Gasteiger partial charge is 0.403 e. The number of amides is 1. The summed E-state index contributed by atoms with van der Waals surface area (Å²) >= 11 is 2.83. The van der Waals surface area contributed by atoms with E-state index >= 15 is 0 Å². The molecular formula is C22H24N8O4S3. The molecule has 0 unspecified atom stereocenters. The summed E-state index contributed by atoms with van der Waals surface area (Å²) in [6, 6.07) is 5.56. The maximum absolute atomic E-state index is 12.9. The molecule has 0 bridgehead atoms. The van der Waals surface area contributed by atoms with E-state index in [1.165, 1.54) is 11.3 Å². The van der Waals surface area contributed by atoms with Crippen LogP contribution in [0.25, 0.3) is 11.5 Å². The number of pyridine rings is 1. The van der Waals surface area contributed by atoms with Gasteiger partial charge in [-0.15, -0.1) is 27.8 Å². The molecule has 0 aromatic carbocycles. The number of nitrogens with zero attached hydrogens (tertiary/aromatic N) is 5. The number of aromatic nitrogens is 4. The molecule has 4 aromatic heterocycles. The van der Waals surface area contributed by atoms with Gasteiger partial charge in [-0.05, 0) is 38.0 Å². The average Bonchev–Trinajstić information content (AvgIpc) is 3.61. The number of sulfonamides is 1. The minimum Gasteiger partial charge on any atom is -0.403 e. The second-order valence-corrected chi connectivity index (χ2v) is 12.3. The van der Waals surface area contributed by atoms with Crippen LogP contribution in [0.15, 0.2) is 39.6 Å². The molecule has 37 heavy (non-hydrogen) atoms. The first-order valence-corrected chi connectivity index (χ1v) is 15.0. The molecule has 12 nitrogen and oxygen atoms in total. The van der Waals surface area contributed by atoms with Gasteiger partial charge < -0.3 is 14.6 Å². The Morgan fingerprint density at radius 1 is 1.19 bits per heavy atom. The highest BCUT2D eigenvalue weighted by molar-refractivity contribution is 7.88.